The van der Waals surface area contributed by atoms with E-state index in [0.29, 0.717) is 6.54 Å². The third-order valence-electron chi connectivity index (χ3n) is 1.20. The lowest BCUT2D eigenvalue weighted by Gasteiger charge is -2.18. The van der Waals surface area contributed by atoms with E-state index < -0.39 is 5.97 Å². The molecule has 0 aliphatic heterocycles. The van der Waals surface area contributed by atoms with Crippen LogP contribution in [0.25, 0.3) is 0 Å². The van der Waals surface area contributed by atoms with Crippen molar-refractivity contribution in [2.45, 2.75) is 20.3 Å². The highest BCUT2D eigenvalue weighted by Gasteiger charge is 2.20. The van der Waals surface area contributed by atoms with Gasteiger partial charge in [-0.05, 0) is 17.6 Å². The van der Waals surface area contributed by atoms with Gasteiger partial charge in [-0.15, -0.1) is 0 Å². The molecule has 0 aliphatic carbocycles. The summed E-state index contributed by atoms with van der Waals surface area (Å²) in [6, 6.07) is 0. The number of carboxylic acids is 1. The van der Waals surface area contributed by atoms with Gasteiger partial charge in [-0.1, -0.05) is 13.8 Å². The molecule has 4 heteroatoms. The molecule has 0 aliphatic rings. The van der Waals surface area contributed by atoms with Crippen molar-refractivity contribution in [3.05, 3.63) is 0 Å². The highest BCUT2D eigenvalue weighted by molar-refractivity contribution is 7.78. The van der Waals surface area contributed by atoms with Crippen LogP contribution in [-0.4, -0.2) is 22.8 Å². The van der Waals surface area contributed by atoms with Crippen LogP contribution in [0.1, 0.15) is 20.3 Å². The van der Waals surface area contributed by atoms with E-state index in [2.05, 4.69) is 22.4 Å². The van der Waals surface area contributed by atoms with Gasteiger partial charge in [0.15, 0.2) is 0 Å². The number of carboxylic acid groups (broad SMARTS) is 1. The maximum absolute atomic E-state index is 10.3. The Morgan fingerprint density at radius 1 is 1.73 bits per heavy atom. The standard InChI is InChI=1S/C7H11NO2S/c1-7(2,3-6(9)10)4-8-5-11/h3-4H2,1-2H3,(H,9,10). The maximum Gasteiger partial charge on any atom is 0.303 e. The van der Waals surface area contributed by atoms with Gasteiger partial charge >= 0.3 is 5.97 Å². The zero-order chi connectivity index (χ0) is 8.91. The minimum absolute atomic E-state index is 0.105. The number of nitrogens with zero attached hydrogens (tertiary/aromatic N) is 1. The number of aliphatic carboxylic acids is 1. The lowest BCUT2D eigenvalue weighted by Crippen LogP contribution is -2.19. The molecule has 0 saturated heterocycles. The Morgan fingerprint density at radius 2 is 2.27 bits per heavy atom. The summed E-state index contributed by atoms with van der Waals surface area (Å²) in [6.07, 6.45) is 0.105. The van der Waals surface area contributed by atoms with Gasteiger partial charge in [0.2, 0.25) is 0 Å². The Kier molecular flexibility index (Phi) is 3.93. The van der Waals surface area contributed by atoms with Gasteiger partial charge in [0.25, 0.3) is 0 Å². The molecule has 62 valence electrons. The van der Waals surface area contributed by atoms with Crippen molar-refractivity contribution in [2.24, 2.45) is 10.4 Å². The molecular weight excluding hydrogens is 162 g/mol. The molecule has 0 atom stereocenters. The second kappa shape index (κ2) is 4.21. The summed E-state index contributed by atoms with van der Waals surface area (Å²) in [5, 5.41) is 10.7. The van der Waals surface area contributed by atoms with Crippen molar-refractivity contribution in [3.8, 4) is 0 Å². The lowest BCUT2D eigenvalue weighted by atomic mass is 9.90. The van der Waals surface area contributed by atoms with E-state index in [4.69, 9.17) is 5.11 Å². The first-order valence-corrected chi connectivity index (χ1v) is 3.64. The average molecular weight is 173 g/mol. The summed E-state index contributed by atoms with van der Waals surface area (Å²) in [5.41, 5.74) is -0.322. The van der Waals surface area contributed by atoms with E-state index in [1.165, 1.54) is 0 Å². The molecular formula is C7H11NO2S. The highest BCUT2D eigenvalue weighted by Crippen LogP contribution is 2.19. The Hall–Kier alpha value is -0.730. The fourth-order valence-electron chi connectivity index (χ4n) is 0.712. The van der Waals surface area contributed by atoms with Crippen LogP contribution in [0.3, 0.4) is 0 Å². The van der Waals surface area contributed by atoms with Gasteiger partial charge in [-0.25, -0.2) is 4.99 Å². The monoisotopic (exact) mass is 173 g/mol. The SMILES string of the molecule is CC(C)(CN=C=S)CC(=O)O. The van der Waals surface area contributed by atoms with E-state index >= 15 is 0 Å². The number of rotatable bonds is 4. The minimum Gasteiger partial charge on any atom is -0.481 e. The van der Waals surface area contributed by atoms with Crippen LogP contribution >= 0.6 is 12.2 Å². The summed E-state index contributed by atoms with van der Waals surface area (Å²) >= 11 is 4.37. The zero-order valence-corrected chi connectivity index (χ0v) is 7.44. The smallest absolute Gasteiger partial charge is 0.303 e. The van der Waals surface area contributed by atoms with Crippen molar-refractivity contribution in [1.82, 2.24) is 0 Å². The second-order valence-corrected chi connectivity index (χ2v) is 3.32. The predicted octanol–water partition coefficient (Wildman–Crippen LogP) is 1.59. The number of hydrogen-bond donors (Lipinski definition) is 1. The Labute approximate surface area is 71.1 Å². The molecule has 3 nitrogen and oxygen atoms in total. The van der Waals surface area contributed by atoms with Gasteiger partial charge in [-0.2, -0.15) is 0 Å². The van der Waals surface area contributed by atoms with Crippen LogP contribution in [0.2, 0.25) is 0 Å². The van der Waals surface area contributed by atoms with Gasteiger partial charge in [-0.3, -0.25) is 4.79 Å². The molecule has 0 radical (unpaired) electrons. The van der Waals surface area contributed by atoms with E-state index in [1.807, 2.05) is 13.8 Å². The largest absolute Gasteiger partial charge is 0.481 e. The number of carbonyl (C=O) groups is 1. The van der Waals surface area contributed by atoms with Crippen LogP contribution in [0, 0.1) is 5.41 Å². The van der Waals surface area contributed by atoms with Crippen molar-refractivity contribution in [1.29, 1.82) is 0 Å². The molecule has 0 aromatic heterocycles. The van der Waals surface area contributed by atoms with Gasteiger partial charge in [0, 0.05) is 0 Å². The first-order valence-electron chi connectivity index (χ1n) is 3.23. The molecule has 0 amide bonds. The van der Waals surface area contributed by atoms with Crippen LogP contribution < -0.4 is 0 Å². The Balaban J connectivity index is 3.98. The third-order valence-corrected chi connectivity index (χ3v) is 1.33. The van der Waals surface area contributed by atoms with Gasteiger partial charge in [0.05, 0.1) is 18.1 Å². The van der Waals surface area contributed by atoms with Crippen molar-refractivity contribution in [3.63, 3.8) is 0 Å². The van der Waals surface area contributed by atoms with Crippen LogP contribution in [0.15, 0.2) is 4.99 Å². The molecule has 0 heterocycles. The summed E-state index contributed by atoms with van der Waals surface area (Å²) in [6.45, 7) is 4.08. The van der Waals surface area contributed by atoms with Crippen LogP contribution in [-0.2, 0) is 4.79 Å². The molecule has 0 aromatic rings. The normalized spacial score (nSPS) is 10.4. The summed E-state index contributed by atoms with van der Waals surface area (Å²) < 4.78 is 0. The number of aliphatic imine (C=N–C) groups is 1. The molecule has 0 saturated carbocycles. The molecule has 0 unspecified atom stereocenters. The van der Waals surface area contributed by atoms with Gasteiger partial charge < -0.3 is 5.11 Å². The fourth-order valence-corrected chi connectivity index (χ4v) is 0.776. The molecule has 0 spiro atoms. The fraction of sp³-hybridized carbons (Fsp3) is 0.714. The summed E-state index contributed by atoms with van der Waals surface area (Å²) in [7, 11) is 0. The van der Waals surface area contributed by atoms with Crippen molar-refractivity contribution < 1.29 is 9.90 Å². The zero-order valence-electron chi connectivity index (χ0n) is 6.63. The van der Waals surface area contributed by atoms with Crippen LogP contribution in [0.5, 0.6) is 0 Å². The summed E-state index contributed by atoms with van der Waals surface area (Å²) in [5.74, 6) is -0.811. The molecule has 1 N–H and O–H groups in total. The number of isothiocyanates is 1. The average Bonchev–Trinajstić information content (AvgIpc) is 1.81. The third kappa shape index (κ3) is 5.70. The van der Waals surface area contributed by atoms with E-state index in [-0.39, 0.29) is 11.8 Å². The first-order chi connectivity index (χ1) is 4.98. The molecule has 0 rings (SSSR count). The Morgan fingerprint density at radius 3 is 2.64 bits per heavy atom. The van der Waals surface area contributed by atoms with E-state index in [9.17, 15) is 4.79 Å². The quantitative estimate of drug-likeness (QED) is 0.519. The lowest BCUT2D eigenvalue weighted by molar-refractivity contribution is -0.139. The minimum atomic E-state index is -0.811. The molecule has 11 heavy (non-hydrogen) atoms. The molecule has 0 aromatic carbocycles. The summed E-state index contributed by atoms with van der Waals surface area (Å²) in [4.78, 5) is 14.0. The van der Waals surface area contributed by atoms with Crippen LogP contribution in [0.4, 0.5) is 0 Å². The topological polar surface area (TPSA) is 49.7 Å². The van der Waals surface area contributed by atoms with Crippen molar-refractivity contribution >= 4 is 23.3 Å². The first kappa shape index (κ1) is 10.3. The van der Waals surface area contributed by atoms with Gasteiger partial charge in [0.1, 0.15) is 0 Å². The number of thiocarbonyl (C=S) groups is 1. The second-order valence-electron chi connectivity index (χ2n) is 3.14. The maximum atomic E-state index is 10.3. The molecule has 0 fully saturated rings. The van der Waals surface area contributed by atoms with E-state index in [0.717, 1.165) is 0 Å². The van der Waals surface area contributed by atoms with E-state index in [1.54, 1.807) is 0 Å². The molecule has 0 bridgehead atoms. The predicted molar refractivity (Wildman–Crippen MR) is 45.9 cm³/mol. The number of hydrogen-bond acceptors (Lipinski definition) is 3. The van der Waals surface area contributed by atoms with Crippen molar-refractivity contribution in [2.75, 3.05) is 6.54 Å². The Bertz CT molecular complexity index is 189. The highest BCUT2D eigenvalue weighted by atomic mass is 32.1.